The van der Waals surface area contributed by atoms with Crippen LogP contribution in [0, 0.1) is 31.0 Å². The van der Waals surface area contributed by atoms with Gasteiger partial charge in [0.05, 0.1) is 18.2 Å². The van der Waals surface area contributed by atoms with E-state index >= 15 is 0 Å². The molecule has 0 radical (unpaired) electrons. The molecule has 0 bridgehead atoms. The van der Waals surface area contributed by atoms with Crippen LogP contribution in [0.3, 0.4) is 0 Å². The summed E-state index contributed by atoms with van der Waals surface area (Å²) in [7, 11) is 0. The Kier molecular flexibility index (Phi) is 3.23. The molecule has 0 atom stereocenters. The van der Waals surface area contributed by atoms with E-state index in [1.165, 1.54) is 6.07 Å². The Bertz CT molecular complexity index is 869. The summed E-state index contributed by atoms with van der Waals surface area (Å²) >= 11 is 0. The molecule has 0 fully saturated rings. The minimum Gasteiger partial charge on any atom is -0.354 e. The molecule has 3 aromatic rings. The maximum atomic E-state index is 13.5. The van der Waals surface area contributed by atoms with E-state index in [1.54, 1.807) is 13.0 Å². The van der Waals surface area contributed by atoms with Crippen LogP contribution in [0.15, 0.2) is 36.4 Å². The van der Waals surface area contributed by atoms with Crippen LogP contribution in [0.4, 0.5) is 4.39 Å². The van der Waals surface area contributed by atoms with E-state index in [0.29, 0.717) is 12.0 Å². The largest absolute Gasteiger partial charge is 0.354 e. The Balaban J connectivity index is 2.28. The van der Waals surface area contributed by atoms with Crippen molar-refractivity contribution in [3.63, 3.8) is 0 Å². The molecule has 3 rings (SSSR count). The van der Waals surface area contributed by atoms with E-state index in [2.05, 4.69) is 17.1 Å². The van der Waals surface area contributed by atoms with Crippen LogP contribution in [0.5, 0.6) is 0 Å². The topological polar surface area (TPSA) is 39.6 Å². The number of rotatable bonds is 2. The van der Waals surface area contributed by atoms with Gasteiger partial charge < -0.3 is 4.98 Å². The highest BCUT2D eigenvalue weighted by Gasteiger charge is 2.14. The van der Waals surface area contributed by atoms with E-state index in [0.717, 1.165) is 33.3 Å². The number of benzene rings is 2. The zero-order valence-corrected chi connectivity index (χ0v) is 12.0. The highest BCUT2D eigenvalue weighted by molar-refractivity contribution is 5.91. The van der Waals surface area contributed by atoms with Gasteiger partial charge in [-0.3, -0.25) is 0 Å². The second-order valence-electron chi connectivity index (χ2n) is 5.33. The van der Waals surface area contributed by atoms with Gasteiger partial charge >= 0.3 is 0 Å². The molecule has 0 aliphatic carbocycles. The van der Waals surface area contributed by atoms with Gasteiger partial charge in [0.2, 0.25) is 0 Å². The summed E-state index contributed by atoms with van der Waals surface area (Å²) in [6.45, 7) is 3.78. The summed E-state index contributed by atoms with van der Waals surface area (Å²) < 4.78 is 13.5. The van der Waals surface area contributed by atoms with E-state index in [1.807, 2.05) is 25.1 Å². The highest BCUT2D eigenvalue weighted by Crippen LogP contribution is 2.32. The second kappa shape index (κ2) is 5.06. The van der Waals surface area contributed by atoms with Crippen molar-refractivity contribution >= 4 is 10.9 Å². The Labute approximate surface area is 122 Å². The fraction of sp³-hybridized carbons (Fsp3) is 0.167. The number of hydrogen-bond acceptors (Lipinski definition) is 1. The third-order valence-corrected chi connectivity index (χ3v) is 3.76. The molecule has 21 heavy (non-hydrogen) atoms. The molecule has 3 heteroatoms. The van der Waals surface area contributed by atoms with Crippen molar-refractivity contribution in [2.45, 2.75) is 20.3 Å². The third kappa shape index (κ3) is 2.30. The first kappa shape index (κ1) is 13.4. The van der Waals surface area contributed by atoms with Crippen molar-refractivity contribution < 1.29 is 4.39 Å². The number of aromatic nitrogens is 1. The average molecular weight is 278 g/mol. The monoisotopic (exact) mass is 278 g/mol. The zero-order valence-electron chi connectivity index (χ0n) is 12.0. The molecule has 0 saturated heterocycles. The van der Waals surface area contributed by atoms with Crippen LogP contribution in [0.2, 0.25) is 0 Å². The quantitative estimate of drug-likeness (QED) is 0.727. The Hall–Kier alpha value is -2.60. The van der Waals surface area contributed by atoms with Crippen LogP contribution >= 0.6 is 0 Å². The SMILES string of the molecule is Cc1ccc2[nH]c(-c3ccc(F)c(C)c3)c(CC#N)c2c1. The maximum Gasteiger partial charge on any atom is 0.126 e. The van der Waals surface area contributed by atoms with Crippen LogP contribution in [0.25, 0.3) is 22.2 Å². The summed E-state index contributed by atoms with van der Waals surface area (Å²) in [6.07, 6.45) is 0.329. The first-order valence-electron chi connectivity index (χ1n) is 6.85. The van der Waals surface area contributed by atoms with Crippen LogP contribution in [0.1, 0.15) is 16.7 Å². The molecule has 0 aliphatic heterocycles. The van der Waals surface area contributed by atoms with E-state index in [4.69, 9.17) is 5.26 Å². The number of H-pyrrole nitrogens is 1. The lowest BCUT2D eigenvalue weighted by atomic mass is 10.0. The molecule has 0 amide bonds. The van der Waals surface area contributed by atoms with Gasteiger partial charge in [0.15, 0.2) is 0 Å². The number of aromatic amines is 1. The Morgan fingerprint density at radius 1 is 1.14 bits per heavy atom. The van der Waals surface area contributed by atoms with Crippen molar-refractivity contribution in [1.82, 2.24) is 4.98 Å². The molecule has 0 spiro atoms. The predicted molar refractivity (Wildman–Crippen MR) is 82.5 cm³/mol. The molecule has 0 saturated carbocycles. The lowest BCUT2D eigenvalue weighted by molar-refractivity contribution is 0.619. The lowest BCUT2D eigenvalue weighted by Gasteiger charge is -2.04. The number of fused-ring (bicyclic) bond motifs is 1. The number of aryl methyl sites for hydroxylation is 2. The molecule has 2 aromatic carbocycles. The Morgan fingerprint density at radius 3 is 2.67 bits per heavy atom. The molecule has 0 aliphatic rings. The lowest BCUT2D eigenvalue weighted by Crippen LogP contribution is -1.89. The van der Waals surface area contributed by atoms with Crippen LogP contribution in [-0.4, -0.2) is 4.98 Å². The minimum atomic E-state index is -0.215. The fourth-order valence-electron chi connectivity index (χ4n) is 2.67. The normalized spacial score (nSPS) is 10.8. The summed E-state index contributed by atoms with van der Waals surface area (Å²) in [5.74, 6) is -0.215. The van der Waals surface area contributed by atoms with Gasteiger partial charge in [-0.25, -0.2) is 4.39 Å². The number of nitriles is 1. The highest BCUT2D eigenvalue weighted by atomic mass is 19.1. The van der Waals surface area contributed by atoms with Crippen molar-refractivity contribution in [2.24, 2.45) is 0 Å². The number of halogens is 1. The fourth-order valence-corrected chi connectivity index (χ4v) is 2.67. The Morgan fingerprint density at radius 2 is 1.95 bits per heavy atom. The second-order valence-corrected chi connectivity index (χ2v) is 5.33. The van der Waals surface area contributed by atoms with Crippen LogP contribution in [-0.2, 0) is 6.42 Å². The zero-order chi connectivity index (χ0) is 15.0. The van der Waals surface area contributed by atoms with E-state index < -0.39 is 0 Å². The van der Waals surface area contributed by atoms with Crippen molar-refractivity contribution in [3.8, 4) is 17.3 Å². The number of hydrogen-bond donors (Lipinski definition) is 1. The number of nitrogens with zero attached hydrogens (tertiary/aromatic N) is 1. The molecule has 1 N–H and O–H groups in total. The molecule has 2 nitrogen and oxygen atoms in total. The van der Waals surface area contributed by atoms with Gasteiger partial charge in [-0.05, 0) is 60.9 Å². The van der Waals surface area contributed by atoms with Crippen LogP contribution < -0.4 is 0 Å². The van der Waals surface area contributed by atoms with Gasteiger partial charge in [0.25, 0.3) is 0 Å². The molecular weight excluding hydrogens is 263 g/mol. The van der Waals surface area contributed by atoms with Gasteiger partial charge in [-0.1, -0.05) is 11.6 Å². The van der Waals surface area contributed by atoms with Crippen molar-refractivity contribution in [3.05, 3.63) is 58.9 Å². The first-order chi connectivity index (χ1) is 10.1. The van der Waals surface area contributed by atoms with E-state index in [-0.39, 0.29) is 5.82 Å². The summed E-state index contributed by atoms with van der Waals surface area (Å²) in [5.41, 5.74) is 5.55. The van der Waals surface area contributed by atoms with E-state index in [9.17, 15) is 4.39 Å². The first-order valence-corrected chi connectivity index (χ1v) is 6.85. The van der Waals surface area contributed by atoms with Gasteiger partial charge in [0.1, 0.15) is 5.82 Å². The summed E-state index contributed by atoms with van der Waals surface area (Å²) in [5, 5.41) is 10.2. The molecular formula is C18H15FN2. The van der Waals surface area contributed by atoms with Gasteiger partial charge in [-0.2, -0.15) is 5.26 Å². The molecule has 1 heterocycles. The number of nitrogens with one attached hydrogen (secondary N) is 1. The smallest absolute Gasteiger partial charge is 0.126 e. The van der Waals surface area contributed by atoms with Crippen molar-refractivity contribution in [1.29, 1.82) is 5.26 Å². The van der Waals surface area contributed by atoms with Gasteiger partial charge in [-0.15, -0.1) is 0 Å². The predicted octanol–water partition coefficient (Wildman–Crippen LogP) is 4.66. The average Bonchev–Trinajstić information content (AvgIpc) is 2.81. The van der Waals surface area contributed by atoms with Gasteiger partial charge in [0, 0.05) is 10.9 Å². The maximum absolute atomic E-state index is 13.5. The third-order valence-electron chi connectivity index (χ3n) is 3.76. The van der Waals surface area contributed by atoms with Crippen molar-refractivity contribution in [2.75, 3.05) is 0 Å². The standard InChI is InChI=1S/C18H15FN2/c1-11-3-6-17-15(9-11)14(7-8-20)18(21-17)13-4-5-16(19)12(2)10-13/h3-6,9-10,21H,7H2,1-2H3. The summed E-state index contributed by atoms with van der Waals surface area (Å²) in [4.78, 5) is 3.37. The molecule has 104 valence electrons. The molecule has 1 aromatic heterocycles. The molecule has 0 unspecified atom stereocenters. The summed E-state index contributed by atoms with van der Waals surface area (Å²) in [6, 6.07) is 13.4. The minimum absolute atomic E-state index is 0.215.